The summed E-state index contributed by atoms with van der Waals surface area (Å²) in [7, 11) is -3.22. The highest BCUT2D eigenvalue weighted by Gasteiger charge is 2.41. The first-order valence-electron chi connectivity index (χ1n) is 31.1. The van der Waals surface area contributed by atoms with Crippen molar-refractivity contribution in [2.24, 2.45) is 10.7 Å². The molecule has 0 saturated carbocycles. The third kappa shape index (κ3) is 25.0. The number of benzene rings is 2. The second-order valence-electron chi connectivity index (χ2n) is 24.1. The molecule has 0 aromatic heterocycles. The fourth-order valence-electron chi connectivity index (χ4n) is 10.8. The molecule has 32 nitrogen and oxygen atoms in total. The van der Waals surface area contributed by atoms with E-state index in [9.17, 15) is 99.7 Å². The minimum atomic E-state index is -4.53. The normalized spacial score (nSPS) is 16.3. The molecule has 2 aromatic rings. The molecule has 7 atom stereocenters. The predicted octanol–water partition coefficient (Wildman–Crippen LogP) is 2.00. The van der Waals surface area contributed by atoms with E-state index in [1.54, 1.807) is 18.2 Å². The largest absolute Gasteiger partial charge is 0.768 e. The summed E-state index contributed by atoms with van der Waals surface area (Å²) >= 11 is -2.40. The van der Waals surface area contributed by atoms with Gasteiger partial charge in [0, 0.05) is 78.7 Å². The van der Waals surface area contributed by atoms with Gasteiger partial charge >= 0.3 is 29.8 Å². The number of rotatable bonds is 43. The summed E-state index contributed by atoms with van der Waals surface area (Å²) in [5.74, 6) is -14.2. The quantitative estimate of drug-likeness (QED) is 0.0195. The van der Waals surface area contributed by atoms with E-state index in [1.165, 1.54) is 25.2 Å². The molecular formula is C63H85N10O22S2-. The highest BCUT2D eigenvalue weighted by Crippen LogP contribution is 2.49. The van der Waals surface area contributed by atoms with Crippen molar-refractivity contribution in [2.75, 3.05) is 25.0 Å². The lowest BCUT2D eigenvalue weighted by atomic mass is 9.81. The Bertz CT molecular complexity index is 3550. The number of nitrogens with zero attached hydrogens (tertiary/aromatic N) is 2. The van der Waals surface area contributed by atoms with Crippen LogP contribution in [-0.2, 0) is 89.6 Å². The zero-order chi connectivity index (χ0) is 72.5. The Balaban J connectivity index is 1.36. The maximum Gasteiger partial charge on any atom is 0.303 e. The van der Waals surface area contributed by atoms with Crippen molar-refractivity contribution in [1.82, 2.24) is 37.2 Å². The lowest BCUT2D eigenvalue weighted by molar-refractivity contribution is -0.140. The van der Waals surface area contributed by atoms with Gasteiger partial charge < -0.3 is 77.9 Å². The van der Waals surface area contributed by atoms with Crippen molar-refractivity contribution in [1.29, 1.82) is 0 Å². The first-order chi connectivity index (χ1) is 45.5. The Morgan fingerprint density at radius 1 is 0.577 bits per heavy atom. The number of likely N-dealkylation sites (N-methyl/N-ethyl adjacent to an activating group) is 1. The van der Waals surface area contributed by atoms with Crippen LogP contribution in [0.4, 0.5) is 11.4 Å². The van der Waals surface area contributed by atoms with Crippen LogP contribution in [0, 0.1) is 0 Å². The van der Waals surface area contributed by atoms with Crippen LogP contribution in [0.5, 0.6) is 0 Å². The van der Waals surface area contributed by atoms with Crippen molar-refractivity contribution >= 4 is 109 Å². The molecule has 0 aliphatic carbocycles. The number of amides is 7. The average molecular weight is 1400 g/mol. The second-order valence-corrected chi connectivity index (χ2v) is 26.5. The van der Waals surface area contributed by atoms with Crippen molar-refractivity contribution in [3.05, 3.63) is 83.6 Å². The second kappa shape index (κ2) is 37.3. The summed E-state index contributed by atoms with van der Waals surface area (Å²) < 4.78 is 57.6. The molecule has 15 N–H and O–H groups in total. The number of fused-ring (bicyclic) bond motifs is 2. The summed E-state index contributed by atoms with van der Waals surface area (Å²) in [5.41, 5.74) is 8.73. The molecule has 34 heteroatoms. The number of carboxylic acid groups (broad SMARTS) is 5. The predicted molar refractivity (Wildman–Crippen MR) is 348 cm³/mol. The summed E-state index contributed by atoms with van der Waals surface area (Å²) in [5, 5.41) is 63.6. The van der Waals surface area contributed by atoms with Crippen LogP contribution in [-0.4, -0.2) is 181 Å². The van der Waals surface area contributed by atoms with Gasteiger partial charge in [-0.25, -0.2) is 0 Å². The highest BCUT2D eigenvalue weighted by molar-refractivity contribution is 7.85. The molecule has 2 aliphatic rings. The van der Waals surface area contributed by atoms with Crippen LogP contribution < -0.4 is 47.9 Å². The number of aliphatic imine (C=N–C) groups is 1. The number of nitrogens with one attached hydrogen (secondary N) is 7. The first-order valence-corrected chi connectivity index (χ1v) is 33.6. The molecule has 0 radical (unpaired) electrons. The van der Waals surface area contributed by atoms with Gasteiger partial charge in [-0.1, -0.05) is 52.3 Å². The molecule has 2 aliphatic heterocycles. The van der Waals surface area contributed by atoms with Crippen LogP contribution >= 0.6 is 0 Å². The van der Waals surface area contributed by atoms with Gasteiger partial charge in [0.15, 0.2) is 0 Å². The van der Waals surface area contributed by atoms with E-state index in [0.717, 1.165) is 22.7 Å². The van der Waals surface area contributed by atoms with Crippen molar-refractivity contribution in [2.45, 2.75) is 194 Å². The van der Waals surface area contributed by atoms with E-state index in [4.69, 9.17) is 15.8 Å². The average Bonchev–Trinajstić information content (AvgIpc) is 1.60. The number of unbranched alkanes of at least 4 members (excludes halogenated alkanes) is 3. The monoisotopic (exact) mass is 1400 g/mol. The lowest BCUT2D eigenvalue weighted by Crippen LogP contribution is -2.59. The molecule has 4 rings (SSSR count). The van der Waals surface area contributed by atoms with Gasteiger partial charge in [0.2, 0.25) is 41.4 Å². The van der Waals surface area contributed by atoms with E-state index in [1.807, 2.05) is 58.1 Å². The van der Waals surface area contributed by atoms with Gasteiger partial charge in [-0.2, -0.15) is 8.42 Å². The van der Waals surface area contributed by atoms with Crippen LogP contribution in [0.1, 0.15) is 148 Å². The van der Waals surface area contributed by atoms with Crippen LogP contribution in [0.15, 0.2) is 87.3 Å². The molecule has 2 heterocycles. The molecule has 97 heavy (non-hydrogen) atoms. The number of anilines is 1. The molecule has 0 bridgehead atoms. The number of primary amides is 1. The topological polar surface area (TPSA) is 526 Å². The number of carbonyl (C=O) groups is 12. The van der Waals surface area contributed by atoms with E-state index in [2.05, 4.69) is 42.1 Å². The number of aliphatic carboxylic acids is 5. The van der Waals surface area contributed by atoms with Gasteiger partial charge in [-0.05, 0) is 142 Å². The number of hydrogen-bond donors (Lipinski definition) is 14. The third-order valence-electron chi connectivity index (χ3n) is 16.2. The number of nitrogens with two attached hydrogens (primary N) is 1. The van der Waals surface area contributed by atoms with Crippen molar-refractivity contribution < 1.29 is 105 Å². The number of hydrogen-bond acceptors (Lipinski definition) is 19. The van der Waals surface area contributed by atoms with E-state index >= 15 is 0 Å². The van der Waals surface area contributed by atoms with Gasteiger partial charge in [0.25, 0.3) is 10.1 Å². The van der Waals surface area contributed by atoms with Crippen molar-refractivity contribution in [3.63, 3.8) is 0 Å². The number of carboxylic acids is 5. The van der Waals surface area contributed by atoms with E-state index in [0.29, 0.717) is 37.1 Å². The SMILES string of the molecule is CN[C@H](CCC(=O)O)C(=O)N[C@H](CCC(=O)O)C(=O)N[C@H](CCC(=O)O)C(=O)N[C@H](CCC(=O)O)C(=O)N[C@H](CCC(=O)O)C(=O)N[C@H](CCCCNC(=O)CCCCCN1/C(=C/C=C/C=C/C2=Nc3ccc(S(=O)[O-])cc3C2(C)C)C(C)(C)c2cc(S(=O)(=O)O)ccc21)C(N)=O. The summed E-state index contributed by atoms with van der Waals surface area (Å²) in [6.45, 7) is 8.37. The molecule has 7 amide bonds. The number of allylic oxidation sites excluding steroid dienone is 6. The third-order valence-corrected chi connectivity index (χ3v) is 17.7. The summed E-state index contributed by atoms with van der Waals surface area (Å²) in [6, 6.07) is -0.646. The molecule has 1 unspecified atom stereocenters. The Kier molecular flexibility index (Phi) is 30.8. The van der Waals surface area contributed by atoms with Crippen molar-refractivity contribution in [3.8, 4) is 0 Å². The molecule has 0 fully saturated rings. The lowest BCUT2D eigenvalue weighted by Gasteiger charge is -2.27. The standard InChI is InChI=1S/C63H86N10O22S2/c1-62(2)38-34-36(96(91)92)18-20-40(38)67-48(62)15-8-6-9-16-49-63(3,4)39-35-37(97(93,94)95)19-26-47(39)73(49)33-13-7-10-17-50(74)66-32-12-11-14-41(56(64)85)68-58(87)43(22-28-52(77)78)70-60(89)45(24-30-54(81)82)72-61(90)46(25-31-55(83)84)71-59(88)44(23-29-53(79)80)69-57(86)42(65-5)21-27-51(75)76/h6,8-9,15-16,18-20,26,34-35,41-46,65H,7,10-14,17,21-25,27-33H2,1-5H3,(H2,64,85)(H,66,74)(H,68,87)(H,69,86)(H,70,89)(H,71,88)(H,72,90)(H,75,76)(H,77,78)(H,79,80)(H,81,82)(H,83,84)(H,91,92)(H,93,94,95)/p-1/b9-6+,15-8+,49-16+/t41-,42-,43-,44-,45-,46-/m1/s1. The minimum absolute atomic E-state index is 0.101. The van der Waals surface area contributed by atoms with Crippen LogP contribution in [0.3, 0.4) is 0 Å². The van der Waals surface area contributed by atoms with E-state index < -0.39 is 191 Å². The Labute approximate surface area is 562 Å². The summed E-state index contributed by atoms with van der Waals surface area (Å²) in [6.07, 6.45) is 5.00. The maximum atomic E-state index is 13.9. The van der Waals surface area contributed by atoms with E-state index in [-0.39, 0.29) is 54.3 Å². The van der Waals surface area contributed by atoms with Crippen LogP contribution in [0.2, 0.25) is 0 Å². The smallest absolute Gasteiger partial charge is 0.303 e. The fraction of sp³-hybridized carbons (Fsp3) is 0.508. The Hall–Kier alpha value is -9.25. The zero-order valence-corrected chi connectivity index (χ0v) is 55.9. The Morgan fingerprint density at radius 2 is 1.05 bits per heavy atom. The Morgan fingerprint density at radius 3 is 1.51 bits per heavy atom. The molecule has 0 spiro atoms. The molecule has 532 valence electrons. The van der Waals surface area contributed by atoms with Gasteiger partial charge in [-0.15, -0.1) is 0 Å². The van der Waals surface area contributed by atoms with Crippen LogP contribution in [0.25, 0.3) is 0 Å². The maximum absolute atomic E-state index is 13.9. The number of carbonyl (C=O) groups excluding carboxylic acids is 7. The fourth-order valence-corrected chi connectivity index (χ4v) is 11.7. The van der Waals surface area contributed by atoms with Gasteiger partial charge in [0.05, 0.1) is 22.3 Å². The molecule has 2 aromatic carbocycles. The van der Waals surface area contributed by atoms with Gasteiger partial charge in [-0.3, -0.25) is 71.3 Å². The minimum Gasteiger partial charge on any atom is -0.768 e. The van der Waals surface area contributed by atoms with Gasteiger partial charge in [0.1, 0.15) is 30.2 Å². The first kappa shape index (κ1) is 80.2. The summed E-state index contributed by atoms with van der Waals surface area (Å²) in [4.78, 5) is 158. The molecular weight excluding hydrogens is 1310 g/mol. The highest BCUT2D eigenvalue weighted by atomic mass is 32.2. The zero-order valence-electron chi connectivity index (χ0n) is 54.3. The molecule has 0 saturated heterocycles.